The standard InChI is InChI=1S/C21H37N3O.HI/c1-5-21(6-2,15-16-25)17-23-20(22-7-3)24-18(4)13-14-19-11-9-8-10-12-19;/h8-12,18,25H,5-7,13-17H2,1-4H3,(H2,22,23,24);1H. The highest BCUT2D eigenvalue weighted by molar-refractivity contribution is 14.0. The van der Waals surface area contributed by atoms with Crippen molar-refractivity contribution in [3.63, 3.8) is 0 Å². The molecule has 1 unspecified atom stereocenters. The van der Waals surface area contributed by atoms with Gasteiger partial charge in [0.05, 0.1) is 0 Å². The van der Waals surface area contributed by atoms with E-state index in [4.69, 9.17) is 4.99 Å². The van der Waals surface area contributed by atoms with Gasteiger partial charge in [-0.2, -0.15) is 0 Å². The Labute approximate surface area is 177 Å². The molecule has 0 amide bonds. The van der Waals surface area contributed by atoms with Gasteiger partial charge in [-0.15, -0.1) is 24.0 Å². The van der Waals surface area contributed by atoms with Crippen LogP contribution in [0.25, 0.3) is 0 Å². The summed E-state index contributed by atoms with van der Waals surface area (Å²) in [7, 11) is 0. The normalized spacial score (nSPS) is 13.0. The molecule has 0 heterocycles. The Morgan fingerprint density at radius 1 is 1.15 bits per heavy atom. The topological polar surface area (TPSA) is 56.7 Å². The van der Waals surface area contributed by atoms with Crippen molar-refractivity contribution >= 4 is 29.9 Å². The van der Waals surface area contributed by atoms with E-state index in [1.165, 1.54) is 5.56 Å². The molecule has 26 heavy (non-hydrogen) atoms. The third-order valence-electron chi connectivity index (χ3n) is 5.15. The van der Waals surface area contributed by atoms with E-state index in [-0.39, 0.29) is 36.0 Å². The highest BCUT2D eigenvalue weighted by Gasteiger charge is 2.25. The number of guanidine groups is 1. The Kier molecular flexibility index (Phi) is 13.8. The molecule has 1 aromatic rings. The molecule has 0 saturated carbocycles. The maximum Gasteiger partial charge on any atom is 0.191 e. The predicted molar refractivity (Wildman–Crippen MR) is 123 cm³/mol. The number of hydrogen-bond donors (Lipinski definition) is 3. The van der Waals surface area contributed by atoms with Gasteiger partial charge in [0.25, 0.3) is 0 Å². The Balaban J connectivity index is 0.00000625. The lowest BCUT2D eigenvalue weighted by Crippen LogP contribution is -2.43. The van der Waals surface area contributed by atoms with Crippen molar-refractivity contribution in [3.8, 4) is 0 Å². The number of benzene rings is 1. The second-order valence-electron chi connectivity index (χ2n) is 6.95. The number of halogens is 1. The molecule has 1 atom stereocenters. The van der Waals surface area contributed by atoms with Gasteiger partial charge in [0.2, 0.25) is 0 Å². The Bertz CT molecular complexity index is 489. The molecule has 5 heteroatoms. The van der Waals surface area contributed by atoms with E-state index < -0.39 is 0 Å². The number of nitrogens with zero attached hydrogens (tertiary/aromatic N) is 1. The van der Waals surface area contributed by atoms with E-state index in [0.29, 0.717) is 6.04 Å². The zero-order valence-corrected chi connectivity index (χ0v) is 19.3. The van der Waals surface area contributed by atoms with Crippen LogP contribution in [0, 0.1) is 5.41 Å². The number of hydrogen-bond acceptors (Lipinski definition) is 2. The summed E-state index contributed by atoms with van der Waals surface area (Å²) in [6.45, 7) is 10.5. The van der Waals surface area contributed by atoms with Crippen LogP contribution in [0.5, 0.6) is 0 Å². The van der Waals surface area contributed by atoms with E-state index in [9.17, 15) is 5.11 Å². The first-order valence-corrected chi connectivity index (χ1v) is 9.78. The van der Waals surface area contributed by atoms with Gasteiger partial charge in [0, 0.05) is 25.7 Å². The number of nitrogens with one attached hydrogen (secondary N) is 2. The summed E-state index contributed by atoms with van der Waals surface area (Å²) in [6.07, 6.45) is 5.02. The first-order chi connectivity index (χ1) is 12.1. The molecule has 150 valence electrons. The fourth-order valence-electron chi connectivity index (χ4n) is 3.04. The van der Waals surface area contributed by atoms with Gasteiger partial charge in [0.1, 0.15) is 0 Å². The minimum absolute atomic E-state index is 0. The maximum absolute atomic E-state index is 9.38. The van der Waals surface area contributed by atoms with Crippen molar-refractivity contribution in [2.24, 2.45) is 10.4 Å². The third-order valence-corrected chi connectivity index (χ3v) is 5.15. The molecular formula is C21H38IN3O. The second-order valence-corrected chi connectivity index (χ2v) is 6.95. The first kappa shape index (κ1) is 25.2. The van der Waals surface area contributed by atoms with Gasteiger partial charge in [-0.25, -0.2) is 0 Å². The van der Waals surface area contributed by atoms with Crippen LogP contribution in [0.3, 0.4) is 0 Å². The smallest absolute Gasteiger partial charge is 0.191 e. The van der Waals surface area contributed by atoms with Crippen LogP contribution in [0.15, 0.2) is 35.3 Å². The van der Waals surface area contributed by atoms with Gasteiger partial charge in [-0.05, 0) is 56.9 Å². The van der Waals surface area contributed by atoms with Gasteiger partial charge in [-0.3, -0.25) is 4.99 Å². The fraction of sp³-hybridized carbons (Fsp3) is 0.667. The lowest BCUT2D eigenvalue weighted by molar-refractivity contribution is 0.175. The summed E-state index contributed by atoms with van der Waals surface area (Å²) in [4.78, 5) is 4.82. The molecule has 0 radical (unpaired) electrons. The molecule has 0 fully saturated rings. The van der Waals surface area contributed by atoms with Crippen molar-refractivity contribution in [1.82, 2.24) is 10.6 Å². The molecule has 1 rings (SSSR count). The van der Waals surface area contributed by atoms with Crippen LogP contribution in [-0.2, 0) is 6.42 Å². The lowest BCUT2D eigenvalue weighted by atomic mass is 9.79. The Morgan fingerprint density at radius 3 is 2.35 bits per heavy atom. The quantitative estimate of drug-likeness (QED) is 0.253. The van der Waals surface area contributed by atoms with Crippen molar-refractivity contribution in [2.45, 2.75) is 65.8 Å². The lowest BCUT2D eigenvalue weighted by Gasteiger charge is -2.30. The predicted octanol–water partition coefficient (Wildman–Crippen LogP) is 4.37. The van der Waals surface area contributed by atoms with Crippen LogP contribution >= 0.6 is 24.0 Å². The van der Waals surface area contributed by atoms with Gasteiger partial charge >= 0.3 is 0 Å². The summed E-state index contributed by atoms with van der Waals surface area (Å²) < 4.78 is 0. The molecule has 0 saturated heterocycles. The van der Waals surface area contributed by atoms with Gasteiger partial charge in [0.15, 0.2) is 5.96 Å². The van der Waals surface area contributed by atoms with Crippen LogP contribution in [0.2, 0.25) is 0 Å². The number of rotatable bonds is 11. The molecule has 1 aromatic carbocycles. The number of aliphatic hydroxyl groups excluding tert-OH is 1. The monoisotopic (exact) mass is 475 g/mol. The second kappa shape index (κ2) is 14.3. The Morgan fingerprint density at radius 2 is 1.81 bits per heavy atom. The number of aliphatic hydroxyl groups is 1. The Hall–Kier alpha value is -0.820. The van der Waals surface area contributed by atoms with Crippen LogP contribution < -0.4 is 10.6 Å². The van der Waals surface area contributed by atoms with E-state index in [1.54, 1.807) is 0 Å². The van der Waals surface area contributed by atoms with E-state index >= 15 is 0 Å². The summed E-state index contributed by atoms with van der Waals surface area (Å²) in [5.74, 6) is 0.882. The zero-order chi connectivity index (χ0) is 18.5. The zero-order valence-electron chi connectivity index (χ0n) is 16.9. The summed E-state index contributed by atoms with van der Waals surface area (Å²) in [6, 6.07) is 11.0. The first-order valence-electron chi connectivity index (χ1n) is 9.78. The molecule has 4 nitrogen and oxygen atoms in total. The molecule has 0 bridgehead atoms. The molecular weight excluding hydrogens is 437 g/mol. The number of aryl methyl sites for hydroxylation is 1. The van der Waals surface area contributed by atoms with E-state index in [2.05, 4.69) is 68.7 Å². The molecule has 0 aliphatic carbocycles. The van der Waals surface area contributed by atoms with Gasteiger partial charge in [-0.1, -0.05) is 44.2 Å². The van der Waals surface area contributed by atoms with Crippen LogP contribution in [0.4, 0.5) is 0 Å². The van der Waals surface area contributed by atoms with E-state index in [0.717, 1.165) is 51.2 Å². The highest BCUT2D eigenvalue weighted by atomic mass is 127. The van der Waals surface area contributed by atoms with Gasteiger partial charge < -0.3 is 15.7 Å². The number of aliphatic imine (C=N–C) groups is 1. The summed E-state index contributed by atoms with van der Waals surface area (Å²) in [5, 5.41) is 16.3. The average molecular weight is 475 g/mol. The molecule has 0 aliphatic rings. The maximum atomic E-state index is 9.38. The van der Waals surface area contributed by atoms with Crippen LogP contribution in [-0.4, -0.2) is 36.8 Å². The van der Waals surface area contributed by atoms with Crippen molar-refractivity contribution in [1.29, 1.82) is 0 Å². The van der Waals surface area contributed by atoms with Crippen LogP contribution in [0.1, 0.15) is 58.9 Å². The molecule has 3 N–H and O–H groups in total. The summed E-state index contributed by atoms with van der Waals surface area (Å²) >= 11 is 0. The van der Waals surface area contributed by atoms with Crippen molar-refractivity contribution in [2.75, 3.05) is 19.7 Å². The molecule has 0 spiro atoms. The largest absolute Gasteiger partial charge is 0.396 e. The fourth-order valence-corrected chi connectivity index (χ4v) is 3.04. The van der Waals surface area contributed by atoms with Crippen molar-refractivity contribution in [3.05, 3.63) is 35.9 Å². The molecule has 0 aliphatic heterocycles. The van der Waals surface area contributed by atoms with E-state index in [1.807, 2.05) is 0 Å². The third kappa shape index (κ3) is 9.21. The minimum atomic E-state index is 0. The average Bonchev–Trinajstić information content (AvgIpc) is 2.64. The molecule has 0 aromatic heterocycles. The SMILES string of the molecule is CCNC(=NCC(CC)(CC)CCO)NC(C)CCc1ccccc1.I. The highest BCUT2D eigenvalue weighted by Crippen LogP contribution is 2.30. The summed E-state index contributed by atoms with van der Waals surface area (Å²) in [5.41, 5.74) is 1.47. The minimum Gasteiger partial charge on any atom is -0.396 e. The van der Waals surface area contributed by atoms with Crippen molar-refractivity contribution < 1.29 is 5.11 Å².